The van der Waals surface area contributed by atoms with Gasteiger partial charge in [-0.3, -0.25) is 19.2 Å². The highest BCUT2D eigenvalue weighted by Crippen LogP contribution is 2.16. The molecule has 0 spiro atoms. The van der Waals surface area contributed by atoms with Crippen LogP contribution in [0, 0.1) is 0 Å². The first-order chi connectivity index (χ1) is 13.2. The summed E-state index contributed by atoms with van der Waals surface area (Å²) >= 11 is 4.74. The van der Waals surface area contributed by atoms with Crippen molar-refractivity contribution < 1.29 is 29.4 Å². The van der Waals surface area contributed by atoms with Gasteiger partial charge >= 0.3 is 11.9 Å². The first-order valence-electron chi connectivity index (χ1n) is 8.28. The molecule has 0 heterocycles. The molecule has 0 saturated carbocycles. The molecule has 0 aliphatic heterocycles. The molecule has 0 aliphatic carbocycles. The number of carboxylic acid groups (broad SMARTS) is 2. The van der Waals surface area contributed by atoms with Crippen LogP contribution < -0.4 is 16.4 Å². The fraction of sp³-hybridized carbons (Fsp3) is 0.412. The van der Waals surface area contributed by atoms with E-state index in [-0.39, 0.29) is 18.6 Å². The zero-order valence-electron chi connectivity index (χ0n) is 14.9. The molecule has 1 aromatic carbocycles. The van der Waals surface area contributed by atoms with Gasteiger partial charge < -0.3 is 26.6 Å². The van der Waals surface area contributed by atoms with Gasteiger partial charge in [-0.05, 0) is 24.1 Å². The van der Waals surface area contributed by atoms with Crippen molar-refractivity contribution in [2.24, 2.45) is 5.73 Å². The summed E-state index contributed by atoms with van der Waals surface area (Å²) in [5.41, 5.74) is 6.38. The number of nitrogens with two attached hydrogens (primary N) is 1. The monoisotopic (exact) mass is 475 g/mol. The van der Waals surface area contributed by atoms with Gasteiger partial charge in [-0.15, -0.1) is 0 Å². The molecule has 0 aromatic heterocycles. The lowest BCUT2D eigenvalue weighted by molar-refractivity contribution is -0.139. The Balaban J connectivity index is 2.60. The Labute approximate surface area is 174 Å². The van der Waals surface area contributed by atoms with Crippen LogP contribution in [0.3, 0.4) is 0 Å². The number of hydrogen-bond donors (Lipinski definition) is 5. The Kier molecular flexibility index (Phi) is 10.6. The largest absolute Gasteiger partial charge is 0.480 e. The minimum atomic E-state index is -1.21. The van der Waals surface area contributed by atoms with Gasteiger partial charge in [0.05, 0.1) is 0 Å². The highest BCUT2D eigenvalue weighted by Gasteiger charge is 2.22. The lowest BCUT2D eigenvalue weighted by atomic mass is 10.1. The van der Waals surface area contributed by atoms with Crippen LogP contribution in [0.15, 0.2) is 28.7 Å². The molecule has 0 saturated heterocycles. The highest BCUT2D eigenvalue weighted by molar-refractivity contribution is 9.10. The van der Waals surface area contributed by atoms with E-state index in [9.17, 15) is 19.2 Å². The number of nitrogens with one attached hydrogen (secondary N) is 2. The summed E-state index contributed by atoms with van der Waals surface area (Å²) in [7, 11) is 0. The fourth-order valence-corrected chi connectivity index (χ4v) is 3.30. The van der Waals surface area contributed by atoms with Crippen LogP contribution >= 0.6 is 27.7 Å². The van der Waals surface area contributed by atoms with Gasteiger partial charge in [-0.1, -0.05) is 28.1 Å². The van der Waals surface area contributed by atoms with E-state index in [0.717, 1.165) is 10.0 Å². The average molecular weight is 476 g/mol. The van der Waals surface area contributed by atoms with Crippen LogP contribution in [0.25, 0.3) is 0 Å². The smallest absolute Gasteiger partial charge is 0.322 e. The van der Waals surface area contributed by atoms with Crippen molar-refractivity contribution in [3.05, 3.63) is 34.3 Å². The van der Waals surface area contributed by atoms with Crippen LogP contribution in [0.1, 0.15) is 18.4 Å². The Morgan fingerprint density at radius 1 is 1.14 bits per heavy atom. The van der Waals surface area contributed by atoms with Gasteiger partial charge in [0, 0.05) is 22.4 Å². The third-order valence-corrected chi connectivity index (χ3v) is 5.17. The molecule has 28 heavy (non-hydrogen) atoms. The van der Waals surface area contributed by atoms with Crippen molar-refractivity contribution >= 4 is 51.4 Å². The Hall–Kier alpha value is -2.11. The first kappa shape index (κ1) is 23.9. The van der Waals surface area contributed by atoms with Gasteiger partial charge in [0.1, 0.15) is 18.6 Å². The molecule has 2 amide bonds. The number of carbonyl (C=O) groups is 4. The summed E-state index contributed by atoms with van der Waals surface area (Å²) in [5, 5.41) is 22.2. The summed E-state index contributed by atoms with van der Waals surface area (Å²) in [4.78, 5) is 45.6. The number of carbonyl (C=O) groups excluding carboxylic acids is 2. The molecule has 0 fully saturated rings. The van der Waals surface area contributed by atoms with Crippen molar-refractivity contribution in [2.45, 2.75) is 30.7 Å². The molecule has 6 N–H and O–H groups in total. The van der Waals surface area contributed by atoms with Gasteiger partial charge in [0.2, 0.25) is 11.8 Å². The van der Waals surface area contributed by atoms with Gasteiger partial charge in [-0.2, -0.15) is 11.8 Å². The van der Waals surface area contributed by atoms with Crippen molar-refractivity contribution in [1.82, 2.24) is 10.6 Å². The molecule has 1 rings (SSSR count). The lowest BCUT2D eigenvalue weighted by Gasteiger charge is -2.18. The maximum Gasteiger partial charge on any atom is 0.322 e. The number of amides is 2. The van der Waals surface area contributed by atoms with E-state index in [1.807, 2.05) is 24.3 Å². The Bertz CT molecular complexity index is 701. The predicted molar refractivity (Wildman–Crippen MR) is 108 cm³/mol. The van der Waals surface area contributed by atoms with Crippen molar-refractivity contribution in [2.75, 3.05) is 12.3 Å². The number of rotatable bonds is 12. The SMILES string of the molecule is NC(CCC(=O)NC(CSCc1ccc(Br)cc1)C(=O)NCC(=O)O)C(=O)O. The highest BCUT2D eigenvalue weighted by atomic mass is 79.9. The molecule has 2 unspecified atom stereocenters. The van der Waals surface area contributed by atoms with Crippen LogP contribution in [0.5, 0.6) is 0 Å². The summed E-state index contributed by atoms with van der Waals surface area (Å²) in [6.07, 6.45) is -0.232. The van der Waals surface area contributed by atoms with Crippen LogP contribution in [-0.2, 0) is 24.9 Å². The lowest BCUT2D eigenvalue weighted by Crippen LogP contribution is -2.49. The average Bonchev–Trinajstić information content (AvgIpc) is 2.64. The normalized spacial score (nSPS) is 12.6. The minimum Gasteiger partial charge on any atom is -0.480 e. The van der Waals surface area contributed by atoms with E-state index in [1.165, 1.54) is 11.8 Å². The molecule has 0 aliphatic rings. The Morgan fingerprint density at radius 2 is 1.79 bits per heavy atom. The summed E-state index contributed by atoms with van der Waals surface area (Å²) in [5.74, 6) is -2.76. The zero-order chi connectivity index (χ0) is 21.1. The number of carboxylic acids is 2. The number of hydrogen-bond acceptors (Lipinski definition) is 6. The summed E-state index contributed by atoms with van der Waals surface area (Å²) in [6.45, 7) is -0.563. The second-order valence-corrected chi connectivity index (χ2v) is 7.80. The third kappa shape index (κ3) is 9.72. The first-order valence-corrected chi connectivity index (χ1v) is 10.2. The van der Waals surface area contributed by atoms with Gasteiger partial charge in [-0.25, -0.2) is 0 Å². The summed E-state index contributed by atoms with van der Waals surface area (Å²) in [6, 6.07) is 5.50. The predicted octanol–water partition coefficient (Wildman–Crippen LogP) is 0.560. The number of aliphatic carboxylic acids is 2. The van der Waals surface area contributed by atoms with Crippen molar-refractivity contribution in [3.8, 4) is 0 Å². The topological polar surface area (TPSA) is 159 Å². The maximum atomic E-state index is 12.2. The van der Waals surface area contributed by atoms with Crippen LogP contribution in [-0.4, -0.2) is 58.3 Å². The molecule has 154 valence electrons. The molecule has 0 bridgehead atoms. The maximum absolute atomic E-state index is 12.2. The number of thioether (sulfide) groups is 1. The van der Waals surface area contributed by atoms with Gasteiger partial charge in [0.25, 0.3) is 0 Å². The fourth-order valence-electron chi connectivity index (χ4n) is 2.02. The van der Waals surface area contributed by atoms with E-state index in [0.29, 0.717) is 5.75 Å². The molecule has 11 heteroatoms. The number of benzene rings is 1. The van der Waals surface area contributed by atoms with Gasteiger partial charge in [0.15, 0.2) is 0 Å². The van der Waals surface area contributed by atoms with Crippen molar-refractivity contribution in [3.63, 3.8) is 0 Å². The molecule has 0 radical (unpaired) electrons. The second-order valence-electron chi connectivity index (χ2n) is 5.86. The number of halogens is 1. The standard InChI is InChI=1S/C17H22BrN3O6S/c18-11-3-1-10(2-4-11)8-28-9-13(16(25)20-7-15(23)24)21-14(22)6-5-12(19)17(26)27/h1-4,12-13H,5-9,19H2,(H,20,25)(H,21,22)(H,23,24)(H,26,27). The summed E-state index contributed by atoms with van der Waals surface area (Å²) < 4.78 is 0.944. The van der Waals surface area contributed by atoms with Crippen LogP contribution in [0.2, 0.25) is 0 Å². The molecule has 9 nitrogen and oxygen atoms in total. The van der Waals surface area contributed by atoms with E-state index < -0.39 is 42.4 Å². The minimum absolute atomic E-state index is 0.0728. The van der Waals surface area contributed by atoms with Crippen LogP contribution in [0.4, 0.5) is 0 Å². The molecular weight excluding hydrogens is 454 g/mol. The van der Waals surface area contributed by atoms with E-state index in [2.05, 4.69) is 26.6 Å². The third-order valence-electron chi connectivity index (χ3n) is 3.53. The van der Waals surface area contributed by atoms with Crippen molar-refractivity contribution in [1.29, 1.82) is 0 Å². The zero-order valence-corrected chi connectivity index (χ0v) is 17.3. The second kappa shape index (κ2) is 12.4. The molecule has 2 atom stereocenters. The van der Waals surface area contributed by atoms with E-state index in [1.54, 1.807) is 0 Å². The molecule has 1 aromatic rings. The molecular formula is C17H22BrN3O6S. The van der Waals surface area contributed by atoms with E-state index >= 15 is 0 Å². The quantitative estimate of drug-likeness (QED) is 0.293. The Morgan fingerprint density at radius 3 is 2.36 bits per heavy atom. The van der Waals surface area contributed by atoms with E-state index in [4.69, 9.17) is 15.9 Å².